The van der Waals surface area contributed by atoms with Crippen LogP contribution in [0.2, 0.25) is 0 Å². The number of carbonyl (C=O) groups is 1. The van der Waals surface area contributed by atoms with Crippen molar-refractivity contribution in [3.63, 3.8) is 0 Å². The summed E-state index contributed by atoms with van der Waals surface area (Å²) in [5.74, 6) is 0.157. The molecule has 0 aliphatic rings. The highest BCUT2D eigenvalue weighted by Gasteiger charge is 2.11. The SMILES string of the molecule is CCN(CC(=O)c1cccc(Br)c1)Cc1ccccc1. The van der Waals surface area contributed by atoms with E-state index in [0.717, 1.165) is 23.1 Å². The smallest absolute Gasteiger partial charge is 0.176 e. The average molecular weight is 332 g/mol. The van der Waals surface area contributed by atoms with Gasteiger partial charge < -0.3 is 0 Å². The molecule has 0 aliphatic carbocycles. The summed E-state index contributed by atoms with van der Waals surface area (Å²) in [5.41, 5.74) is 1.99. The fourth-order valence-electron chi connectivity index (χ4n) is 2.08. The van der Waals surface area contributed by atoms with Gasteiger partial charge in [0, 0.05) is 16.6 Å². The monoisotopic (exact) mass is 331 g/mol. The summed E-state index contributed by atoms with van der Waals surface area (Å²) >= 11 is 3.40. The molecule has 2 aromatic carbocycles. The maximum absolute atomic E-state index is 12.3. The van der Waals surface area contributed by atoms with Gasteiger partial charge in [0.1, 0.15) is 0 Å². The van der Waals surface area contributed by atoms with Gasteiger partial charge in [0.2, 0.25) is 0 Å². The summed E-state index contributed by atoms with van der Waals surface area (Å²) < 4.78 is 0.939. The Morgan fingerprint density at radius 2 is 1.85 bits per heavy atom. The standard InChI is InChI=1S/C17H18BrNO/c1-2-19(12-14-7-4-3-5-8-14)13-17(20)15-9-6-10-16(18)11-15/h3-11H,2,12-13H2,1H3. The zero-order chi connectivity index (χ0) is 14.4. The molecule has 0 saturated carbocycles. The highest BCUT2D eigenvalue weighted by molar-refractivity contribution is 9.10. The summed E-state index contributed by atoms with van der Waals surface area (Å²) in [4.78, 5) is 14.4. The zero-order valence-corrected chi connectivity index (χ0v) is 13.1. The van der Waals surface area contributed by atoms with Gasteiger partial charge in [-0.3, -0.25) is 9.69 Å². The number of likely N-dealkylation sites (N-methyl/N-ethyl adjacent to an activating group) is 1. The molecule has 2 rings (SSSR count). The number of hydrogen-bond donors (Lipinski definition) is 0. The summed E-state index contributed by atoms with van der Waals surface area (Å²) in [7, 11) is 0. The van der Waals surface area contributed by atoms with Crippen molar-refractivity contribution < 1.29 is 4.79 Å². The summed E-state index contributed by atoms with van der Waals surface area (Å²) in [6, 6.07) is 17.8. The minimum Gasteiger partial charge on any atom is -0.293 e. The lowest BCUT2D eigenvalue weighted by molar-refractivity contribution is 0.0929. The molecule has 0 unspecified atom stereocenters. The molecule has 0 radical (unpaired) electrons. The van der Waals surface area contributed by atoms with E-state index in [1.54, 1.807) is 0 Å². The molecule has 0 bridgehead atoms. The topological polar surface area (TPSA) is 20.3 Å². The molecule has 2 nitrogen and oxygen atoms in total. The Kier molecular flexibility index (Phi) is 5.50. The molecule has 20 heavy (non-hydrogen) atoms. The van der Waals surface area contributed by atoms with Crippen LogP contribution in [0.3, 0.4) is 0 Å². The van der Waals surface area contributed by atoms with E-state index in [4.69, 9.17) is 0 Å². The first-order valence-corrected chi connectivity index (χ1v) is 7.53. The van der Waals surface area contributed by atoms with Gasteiger partial charge >= 0.3 is 0 Å². The molecule has 0 saturated heterocycles. The zero-order valence-electron chi connectivity index (χ0n) is 11.6. The average Bonchev–Trinajstić information content (AvgIpc) is 2.47. The van der Waals surface area contributed by atoms with Gasteiger partial charge in [-0.05, 0) is 24.2 Å². The molecule has 104 valence electrons. The second kappa shape index (κ2) is 7.36. The number of Topliss-reactive ketones (excluding diaryl/α,β-unsaturated/α-hetero) is 1. The molecule has 0 atom stereocenters. The predicted octanol–water partition coefficient (Wildman–Crippen LogP) is 4.15. The van der Waals surface area contributed by atoms with Crippen molar-refractivity contribution in [2.75, 3.05) is 13.1 Å². The molecule has 0 heterocycles. The lowest BCUT2D eigenvalue weighted by Gasteiger charge is -2.19. The highest BCUT2D eigenvalue weighted by Crippen LogP contribution is 2.13. The lowest BCUT2D eigenvalue weighted by atomic mass is 10.1. The molecule has 0 amide bonds. The van der Waals surface area contributed by atoms with Crippen LogP contribution in [0.25, 0.3) is 0 Å². The van der Waals surface area contributed by atoms with Crippen LogP contribution in [0.1, 0.15) is 22.8 Å². The van der Waals surface area contributed by atoms with Crippen molar-refractivity contribution in [3.05, 3.63) is 70.2 Å². The normalized spacial score (nSPS) is 10.8. The number of halogens is 1. The number of rotatable bonds is 6. The van der Waals surface area contributed by atoms with Crippen LogP contribution in [0.4, 0.5) is 0 Å². The third kappa shape index (κ3) is 4.29. The van der Waals surface area contributed by atoms with Gasteiger partial charge in [0.25, 0.3) is 0 Å². The quantitative estimate of drug-likeness (QED) is 0.741. The van der Waals surface area contributed by atoms with Crippen molar-refractivity contribution in [1.29, 1.82) is 0 Å². The fraction of sp³-hybridized carbons (Fsp3) is 0.235. The number of hydrogen-bond acceptors (Lipinski definition) is 2. The molecule has 0 fully saturated rings. The minimum atomic E-state index is 0.157. The number of ketones is 1. The first kappa shape index (κ1) is 14.9. The van der Waals surface area contributed by atoms with Crippen LogP contribution in [-0.2, 0) is 6.54 Å². The maximum atomic E-state index is 12.3. The van der Waals surface area contributed by atoms with Crippen LogP contribution >= 0.6 is 15.9 Å². The Hall–Kier alpha value is -1.45. The van der Waals surface area contributed by atoms with E-state index in [9.17, 15) is 4.79 Å². The van der Waals surface area contributed by atoms with Crippen molar-refractivity contribution in [1.82, 2.24) is 4.90 Å². The molecule has 3 heteroatoms. The minimum absolute atomic E-state index is 0.157. The number of nitrogens with zero attached hydrogens (tertiary/aromatic N) is 1. The lowest BCUT2D eigenvalue weighted by Crippen LogP contribution is -2.29. The molecule has 0 spiro atoms. The van der Waals surface area contributed by atoms with Gasteiger partial charge in [0.05, 0.1) is 6.54 Å². The second-order valence-corrected chi connectivity index (χ2v) is 5.64. The van der Waals surface area contributed by atoms with Crippen molar-refractivity contribution >= 4 is 21.7 Å². The Morgan fingerprint density at radius 3 is 2.50 bits per heavy atom. The molecule has 2 aromatic rings. The third-order valence-corrected chi connectivity index (χ3v) is 3.70. The Labute approximate surface area is 128 Å². The predicted molar refractivity (Wildman–Crippen MR) is 85.9 cm³/mol. The van der Waals surface area contributed by atoms with E-state index in [-0.39, 0.29) is 5.78 Å². The van der Waals surface area contributed by atoms with E-state index in [0.29, 0.717) is 6.54 Å². The van der Waals surface area contributed by atoms with Gasteiger partial charge in [-0.25, -0.2) is 0 Å². The van der Waals surface area contributed by atoms with Crippen molar-refractivity contribution in [3.8, 4) is 0 Å². The Balaban J connectivity index is 2.01. The molecule has 0 aliphatic heterocycles. The van der Waals surface area contributed by atoms with E-state index in [2.05, 4.69) is 39.9 Å². The summed E-state index contributed by atoms with van der Waals surface area (Å²) in [5, 5.41) is 0. The van der Waals surface area contributed by atoms with E-state index >= 15 is 0 Å². The highest BCUT2D eigenvalue weighted by atomic mass is 79.9. The Morgan fingerprint density at radius 1 is 1.10 bits per heavy atom. The number of carbonyl (C=O) groups excluding carboxylic acids is 1. The van der Waals surface area contributed by atoms with Crippen LogP contribution in [0.15, 0.2) is 59.1 Å². The Bertz CT molecular complexity index is 568. The summed E-state index contributed by atoms with van der Waals surface area (Å²) in [6.45, 7) is 4.19. The number of benzene rings is 2. The van der Waals surface area contributed by atoms with Crippen LogP contribution in [-0.4, -0.2) is 23.8 Å². The molecular weight excluding hydrogens is 314 g/mol. The van der Waals surface area contributed by atoms with E-state index < -0.39 is 0 Å². The van der Waals surface area contributed by atoms with Crippen LogP contribution in [0, 0.1) is 0 Å². The summed E-state index contributed by atoms with van der Waals surface area (Å²) in [6.07, 6.45) is 0. The van der Waals surface area contributed by atoms with Crippen LogP contribution < -0.4 is 0 Å². The third-order valence-electron chi connectivity index (χ3n) is 3.21. The van der Waals surface area contributed by atoms with Gasteiger partial charge in [0.15, 0.2) is 5.78 Å². The van der Waals surface area contributed by atoms with Gasteiger partial charge in [-0.1, -0.05) is 65.3 Å². The molecular formula is C17H18BrNO. The van der Waals surface area contributed by atoms with Crippen molar-refractivity contribution in [2.24, 2.45) is 0 Å². The van der Waals surface area contributed by atoms with E-state index in [1.165, 1.54) is 5.56 Å². The van der Waals surface area contributed by atoms with Crippen LogP contribution in [0.5, 0.6) is 0 Å². The molecule has 0 N–H and O–H groups in total. The first-order chi connectivity index (χ1) is 9.69. The van der Waals surface area contributed by atoms with Gasteiger partial charge in [-0.15, -0.1) is 0 Å². The van der Waals surface area contributed by atoms with Crippen molar-refractivity contribution in [2.45, 2.75) is 13.5 Å². The maximum Gasteiger partial charge on any atom is 0.176 e. The van der Waals surface area contributed by atoms with Gasteiger partial charge in [-0.2, -0.15) is 0 Å². The first-order valence-electron chi connectivity index (χ1n) is 6.74. The van der Waals surface area contributed by atoms with E-state index in [1.807, 2.05) is 42.5 Å². The molecule has 0 aromatic heterocycles. The largest absolute Gasteiger partial charge is 0.293 e. The second-order valence-electron chi connectivity index (χ2n) is 4.72. The fourth-order valence-corrected chi connectivity index (χ4v) is 2.48.